The number of carboxylic acid groups (broad SMARTS) is 1. The average molecular weight is 379 g/mol. The van der Waals surface area contributed by atoms with Gasteiger partial charge in [0.2, 0.25) is 5.91 Å². The van der Waals surface area contributed by atoms with Crippen LogP contribution in [0.2, 0.25) is 0 Å². The number of nitrogens with zero attached hydrogens (tertiary/aromatic N) is 2. The van der Waals surface area contributed by atoms with E-state index in [1.807, 2.05) is 58.6 Å². The molecule has 2 heterocycles. The lowest BCUT2D eigenvalue weighted by atomic mass is 9.82. The Bertz CT molecular complexity index is 1040. The molecule has 4 atom stereocenters. The van der Waals surface area contributed by atoms with Gasteiger partial charge in [-0.3, -0.25) is 14.0 Å². The number of hydrogen-bond donors (Lipinski definition) is 2. The predicted molar refractivity (Wildman–Crippen MR) is 102 cm³/mol. The Morgan fingerprint density at radius 2 is 1.89 bits per heavy atom. The fourth-order valence-corrected chi connectivity index (χ4v) is 5.03. The number of amides is 1. The molecule has 3 aromatic rings. The van der Waals surface area contributed by atoms with E-state index in [2.05, 4.69) is 10.3 Å². The minimum absolute atomic E-state index is 0.0221. The minimum atomic E-state index is -0.887. The fourth-order valence-electron chi connectivity index (χ4n) is 4.33. The van der Waals surface area contributed by atoms with Crippen LogP contribution in [0.25, 0.3) is 16.2 Å². The number of imidazole rings is 1. The summed E-state index contributed by atoms with van der Waals surface area (Å²) in [4.78, 5) is 29.8. The van der Waals surface area contributed by atoms with Crippen molar-refractivity contribution < 1.29 is 14.7 Å². The molecule has 1 fully saturated rings. The van der Waals surface area contributed by atoms with E-state index in [1.54, 1.807) is 11.3 Å². The lowest BCUT2D eigenvalue weighted by molar-refractivity contribution is -0.146. The second-order valence-electron chi connectivity index (χ2n) is 7.12. The number of aromatic nitrogens is 2. The Hall–Kier alpha value is -2.93. The van der Waals surface area contributed by atoms with Crippen molar-refractivity contribution in [3.8, 4) is 11.3 Å². The van der Waals surface area contributed by atoms with Crippen LogP contribution in [0.3, 0.4) is 0 Å². The largest absolute Gasteiger partial charge is 0.481 e. The number of rotatable bonds is 4. The van der Waals surface area contributed by atoms with Crippen LogP contribution in [0.1, 0.15) is 6.42 Å². The van der Waals surface area contributed by atoms with Crippen molar-refractivity contribution in [3.63, 3.8) is 0 Å². The molecule has 2 aliphatic carbocycles. The van der Waals surface area contributed by atoms with E-state index in [0.717, 1.165) is 22.6 Å². The van der Waals surface area contributed by atoms with E-state index in [1.165, 1.54) is 0 Å². The third-order valence-corrected chi connectivity index (χ3v) is 6.36. The van der Waals surface area contributed by atoms with Crippen molar-refractivity contribution >= 4 is 33.9 Å². The summed E-state index contributed by atoms with van der Waals surface area (Å²) in [5, 5.41) is 14.4. The van der Waals surface area contributed by atoms with E-state index in [4.69, 9.17) is 0 Å². The molecule has 4 unspecified atom stereocenters. The average Bonchev–Trinajstić information content (AvgIpc) is 3.41. The van der Waals surface area contributed by atoms with Gasteiger partial charge in [0.05, 0.1) is 17.5 Å². The van der Waals surface area contributed by atoms with Crippen LogP contribution >= 0.6 is 11.3 Å². The highest BCUT2D eigenvalue weighted by Gasteiger charge is 2.51. The number of carboxylic acids is 1. The fraction of sp³-hybridized carbons (Fsp3) is 0.250. The van der Waals surface area contributed by atoms with Crippen molar-refractivity contribution in [2.45, 2.75) is 6.42 Å². The Morgan fingerprint density at radius 3 is 2.59 bits per heavy atom. The van der Waals surface area contributed by atoms with Gasteiger partial charge in [-0.15, -0.1) is 11.3 Å². The molecule has 2 aromatic heterocycles. The van der Waals surface area contributed by atoms with Crippen molar-refractivity contribution in [1.82, 2.24) is 9.38 Å². The van der Waals surface area contributed by atoms with Gasteiger partial charge in [-0.25, -0.2) is 4.98 Å². The molecule has 2 N–H and O–H groups in total. The third-order valence-electron chi connectivity index (χ3n) is 5.59. The van der Waals surface area contributed by atoms with Crippen LogP contribution in [0.15, 0.2) is 54.2 Å². The molecule has 0 spiro atoms. The highest BCUT2D eigenvalue weighted by atomic mass is 32.1. The van der Waals surface area contributed by atoms with Gasteiger partial charge in [-0.05, 0) is 30.4 Å². The van der Waals surface area contributed by atoms with Crippen LogP contribution in [0, 0.1) is 23.7 Å². The van der Waals surface area contributed by atoms with E-state index >= 15 is 0 Å². The van der Waals surface area contributed by atoms with Crippen LogP contribution in [-0.4, -0.2) is 26.4 Å². The number of fused-ring (bicyclic) bond motifs is 3. The normalized spacial score (nSPS) is 25.9. The van der Waals surface area contributed by atoms with Gasteiger partial charge in [-0.1, -0.05) is 24.3 Å². The van der Waals surface area contributed by atoms with Crippen LogP contribution in [-0.2, 0) is 9.59 Å². The highest BCUT2D eigenvalue weighted by molar-refractivity contribution is 7.15. The summed E-state index contributed by atoms with van der Waals surface area (Å²) in [6.45, 7) is 0. The Labute approximate surface area is 159 Å². The second kappa shape index (κ2) is 6.06. The molecule has 1 amide bonds. The second-order valence-corrected chi connectivity index (χ2v) is 8.00. The van der Waals surface area contributed by atoms with Gasteiger partial charge in [0.1, 0.15) is 0 Å². The lowest BCUT2D eigenvalue weighted by Gasteiger charge is -2.23. The zero-order valence-electron chi connectivity index (χ0n) is 14.3. The minimum Gasteiger partial charge on any atom is -0.481 e. The summed E-state index contributed by atoms with van der Waals surface area (Å²) in [5.41, 5.74) is 2.51. The maximum atomic E-state index is 12.7. The van der Waals surface area contributed by atoms with E-state index in [0.29, 0.717) is 5.69 Å². The van der Waals surface area contributed by atoms with Gasteiger partial charge in [0.25, 0.3) is 0 Å². The molecular weight excluding hydrogens is 362 g/mol. The lowest BCUT2D eigenvalue weighted by Crippen LogP contribution is -2.36. The first-order chi connectivity index (χ1) is 13.1. The first-order valence-electron chi connectivity index (χ1n) is 8.85. The predicted octanol–water partition coefficient (Wildman–Crippen LogP) is 3.52. The number of benzene rings is 1. The van der Waals surface area contributed by atoms with Gasteiger partial charge < -0.3 is 10.4 Å². The zero-order valence-corrected chi connectivity index (χ0v) is 15.1. The summed E-state index contributed by atoms with van der Waals surface area (Å²) in [6, 6.07) is 7.49. The maximum absolute atomic E-state index is 12.7. The Kier molecular flexibility index (Phi) is 3.65. The molecule has 2 aliphatic rings. The highest BCUT2D eigenvalue weighted by Crippen LogP contribution is 2.48. The van der Waals surface area contributed by atoms with Crippen molar-refractivity contribution in [2.75, 3.05) is 5.32 Å². The number of carbonyl (C=O) groups is 2. The number of anilines is 1. The quantitative estimate of drug-likeness (QED) is 0.680. The molecular formula is C20H17N3O3S. The SMILES string of the molecule is O=C(O)C1C2C=CC(C2)C1C(=O)Nc1ccc(-c2cn3ccsc3n2)cc1. The first kappa shape index (κ1) is 16.3. The summed E-state index contributed by atoms with van der Waals surface area (Å²) < 4.78 is 1.98. The summed E-state index contributed by atoms with van der Waals surface area (Å²) in [6.07, 6.45) is 8.62. The summed E-state index contributed by atoms with van der Waals surface area (Å²) in [7, 11) is 0. The van der Waals surface area contributed by atoms with Crippen molar-refractivity contribution in [1.29, 1.82) is 0 Å². The van der Waals surface area contributed by atoms with Gasteiger partial charge >= 0.3 is 5.97 Å². The van der Waals surface area contributed by atoms with Crippen molar-refractivity contribution in [3.05, 3.63) is 54.2 Å². The molecule has 0 saturated heterocycles. The monoisotopic (exact) mass is 379 g/mol. The maximum Gasteiger partial charge on any atom is 0.307 e. The van der Waals surface area contributed by atoms with Crippen LogP contribution in [0.4, 0.5) is 5.69 Å². The molecule has 0 aliphatic heterocycles. The molecule has 0 radical (unpaired) electrons. The van der Waals surface area contributed by atoms with Crippen molar-refractivity contribution in [2.24, 2.45) is 23.7 Å². The molecule has 1 saturated carbocycles. The molecule has 6 nitrogen and oxygen atoms in total. The van der Waals surface area contributed by atoms with E-state index < -0.39 is 17.8 Å². The standard InChI is InChI=1S/C20H17N3O3S/c24-18(16-12-1-2-13(9-12)17(16)19(25)26)21-14-5-3-11(4-6-14)15-10-23-7-8-27-20(23)22-15/h1-8,10,12-13,16-17H,9H2,(H,21,24)(H,25,26). The Balaban J connectivity index is 1.33. The molecule has 7 heteroatoms. The smallest absolute Gasteiger partial charge is 0.307 e. The molecule has 27 heavy (non-hydrogen) atoms. The molecule has 5 rings (SSSR count). The number of hydrogen-bond acceptors (Lipinski definition) is 4. The van der Waals surface area contributed by atoms with E-state index in [-0.39, 0.29) is 17.7 Å². The van der Waals surface area contributed by atoms with Crippen LogP contribution < -0.4 is 5.32 Å². The molecule has 2 bridgehead atoms. The number of thiazole rings is 1. The number of nitrogens with one attached hydrogen (secondary N) is 1. The van der Waals surface area contributed by atoms with Gasteiger partial charge in [0, 0.05) is 29.0 Å². The third kappa shape index (κ3) is 2.66. The Morgan fingerprint density at radius 1 is 1.15 bits per heavy atom. The topological polar surface area (TPSA) is 83.7 Å². The number of carbonyl (C=O) groups excluding carboxylic acids is 1. The van der Waals surface area contributed by atoms with Gasteiger partial charge in [0.15, 0.2) is 4.96 Å². The number of allylic oxidation sites excluding steroid dienone is 2. The molecule has 136 valence electrons. The first-order valence-corrected chi connectivity index (χ1v) is 9.73. The number of aliphatic carboxylic acids is 1. The van der Waals surface area contributed by atoms with Crippen LogP contribution in [0.5, 0.6) is 0 Å². The summed E-state index contributed by atoms with van der Waals surface area (Å²) in [5.74, 6) is -2.24. The molecule has 1 aromatic carbocycles. The van der Waals surface area contributed by atoms with Gasteiger partial charge in [-0.2, -0.15) is 0 Å². The van der Waals surface area contributed by atoms with E-state index in [9.17, 15) is 14.7 Å². The summed E-state index contributed by atoms with van der Waals surface area (Å²) >= 11 is 1.58. The zero-order chi connectivity index (χ0) is 18.5.